The molecule has 0 saturated carbocycles. The Labute approximate surface area is 173 Å². The van der Waals surface area contributed by atoms with Crippen LogP contribution in [0.5, 0.6) is 5.75 Å². The van der Waals surface area contributed by atoms with E-state index in [4.69, 9.17) is 4.74 Å². The normalized spacial score (nSPS) is 13.2. The van der Waals surface area contributed by atoms with E-state index in [0.717, 1.165) is 22.4 Å². The molecule has 0 N–H and O–H groups in total. The van der Waals surface area contributed by atoms with Gasteiger partial charge < -0.3 is 4.74 Å². The van der Waals surface area contributed by atoms with Crippen LogP contribution >= 0.6 is 0 Å². The average Bonchev–Trinajstić information content (AvgIpc) is 3.21. The van der Waals surface area contributed by atoms with E-state index in [1.165, 1.54) is 4.90 Å². The fourth-order valence-corrected chi connectivity index (χ4v) is 4.01. The molecule has 1 aliphatic heterocycles. The van der Waals surface area contributed by atoms with Crippen LogP contribution in [-0.4, -0.2) is 28.4 Å². The lowest BCUT2D eigenvalue weighted by molar-refractivity contribution is -0.670. The van der Waals surface area contributed by atoms with E-state index < -0.39 is 0 Å². The Kier molecular flexibility index (Phi) is 4.13. The largest absolute Gasteiger partial charge is 0.497 e. The highest BCUT2D eigenvalue weighted by atomic mass is 16.5. The Morgan fingerprint density at radius 3 is 2.33 bits per heavy atom. The van der Waals surface area contributed by atoms with Crippen LogP contribution in [0, 0.1) is 0 Å². The Morgan fingerprint density at radius 2 is 1.67 bits per heavy atom. The zero-order valence-electron chi connectivity index (χ0n) is 16.7. The molecule has 3 aromatic carbocycles. The quantitative estimate of drug-likeness (QED) is 0.392. The van der Waals surface area contributed by atoms with Gasteiger partial charge in [-0.05, 0) is 35.9 Å². The number of hydrogen-bond acceptors (Lipinski definition) is 3. The predicted molar refractivity (Wildman–Crippen MR) is 112 cm³/mol. The molecule has 0 radical (unpaired) electrons. The minimum Gasteiger partial charge on any atom is -0.497 e. The van der Waals surface area contributed by atoms with Gasteiger partial charge in [-0.2, -0.15) is 0 Å². The molecule has 0 spiro atoms. The Hall–Kier alpha value is -3.93. The molecular weight excluding hydrogens is 378 g/mol. The summed E-state index contributed by atoms with van der Waals surface area (Å²) in [6.07, 6.45) is 5.85. The first-order valence-corrected chi connectivity index (χ1v) is 9.65. The monoisotopic (exact) mass is 398 g/mol. The molecule has 0 saturated heterocycles. The van der Waals surface area contributed by atoms with Gasteiger partial charge in [-0.1, -0.05) is 24.3 Å². The summed E-state index contributed by atoms with van der Waals surface area (Å²) in [7, 11) is 3.55. The van der Waals surface area contributed by atoms with Crippen molar-refractivity contribution in [3.8, 4) is 11.4 Å². The van der Waals surface area contributed by atoms with Crippen molar-refractivity contribution < 1.29 is 18.9 Å². The standard InChI is InChI=1S/C24H20N3O3/c1-25-12-13-26(15-25)21-11-10-20-22-18(21)4-3-5-19(22)23(28)27(24(20)29)14-16-6-8-17(30-2)9-7-16/h3-13,15H,14H2,1-2H3/q+1. The van der Waals surface area contributed by atoms with Crippen molar-refractivity contribution >= 4 is 22.6 Å². The van der Waals surface area contributed by atoms with Gasteiger partial charge in [0, 0.05) is 21.9 Å². The van der Waals surface area contributed by atoms with Crippen molar-refractivity contribution in [3.63, 3.8) is 0 Å². The molecule has 5 rings (SSSR count). The van der Waals surface area contributed by atoms with Gasteiger partial charge >= 0.3 is 0 Å². The van der Waals surface area contributed by atoms with E-state index in [9.17, 15) is 9.59 Å². The molecule has 0 atom stereocenters. The van der Waals surface area contributed by atoms with Crippen molar-refractivity contribution in [2.45, 2.75) is 6.54 Å². The zero-order chi connectivity index (χ0) is 20.8. The third kappa shape index (κ3) is 2.76. The van der Waals surface area contributed by atoms with E-state index in [1.54, 1.807) is 13.2 Å². The molecule has 1 aromatic heterocycles. The van der Waals surface area contributed by atoms with Crippen molar-refractivity contribution in [1.29, 1.82) is 0 Å². The van der Waals surface area contributed by atoms with Crippen LogP contribution in [0.4, 0.5) is 0 Å². The van der Waals surface area contributed by atoms with Gasteiger partial charge in [0.2, 0.25) is 6.33 Å². The maximum absolute atomic E-state index is 13.3. The van der Waals surface area contributed by atoms with Gasteiger partial charge in [0.1, 0.15) is 23.8 Å². The van der Waals surface area contributed by atoms with Crippen LogP contribution in [0.1, 0.15) is 26.3 Å². The molecule has 148 valence electrons. The lowest BCUT2D eigenvalue weighted by Crippen LogP contribution is -2.39. The summed E-state index contributed by atoms with van der Waals surface area (Å²) in [4.78, 5) is 27.8. The highest BCUT2D eigenvalue weighted by Crippen LogP contribution is 2.34. The lowest BCUT2D eigenvalue weighted by atomic mass is 9.92. The van der Waals surface area contributed by atoms with Gasteiger partial charge in [-0.3, -0.25) is 14.5 Å². The maximum atomic E-state index is 13.3. The van der Waals surface area contributed by atoms with Crippen LogP contribution in [0.25, 0.3) is 16.5 Å². The second kappa shape index (κ2) is 6.84. The first-order chi connectivity index (χ1) is 14.6. The number of amides is 2. The summed E-state index contributed by atoms with van der Waals surface area (Å²) >= 11 is 0. The number of rotatable bonds is 4. The summed E-state index contributed by atoms with van der Waals surface area (Å²) in [5.41, 5.74) is 2.90. The summed E-state index contributed by atoms with van der Waals surface area (Å²) < 4.78 is 9.12. The summed E-state index contributed by atoms with van der Waals surface area (Å²) in [6.45, 7) is 0.215. The minimum atomic E-state index is -0.274. The molecule has 0 aliphatic carbocycles. The van der Waals surface area contributed by atoms with Crippen molar-refractivity contribution in [1.82, 2.24) is 9.47 Å². The van der Waals surface area contributed by atoms with Crippen molar-refractivity contribution in [3.05, 3.63) is 90.0 Å². The number of benzene rings is 3. The number of methoxy groups -OCH3 is 1. The van der Waals surface area contributed by atoms with Crippen LogP contribution in [-0.2, 0) is 13.6 Å². The van der Waals surface area contributed by atoms with Gasteiger partial charge in [0.25, 0.3) is 11.8 Å². The van der Waals surface area contributed by atoms with E-state index in [1.807, 2.05) is 83.4 Å². The maximum Gasteiger partial charge on any atom is 0.261 e. The smallest absolute Gasteiger partial charge is 0.261 e. The second-order valence-corrected chi connectivity index (χ2v) is 7.39. The molecule has 6 nitrogen and oxygen atoms in total. The number of hydrogen-bond donors (Lipinski definition) is 0. The second-order valence-electron chi connectivity index (χ2n) is 7.39. The Balaban J connectivity index is 1.60. The zero-order valence-corrected chi connectivity index (χ0v) is 16.7. The number of ether oxygens (including phenoxy) is 1. The minimum absolute atomic E-state index is 0.215. The number of aryl methyl sites for hydroxylation is 1. The molecule has 0 unspecified atom stereocenters. The molecular formula is C24H20N3O3+. The number of nitrogens with zero attached hydrogens (tertiary/aromatic N) is 3. The van der Waals surface area contributed by atoms with Gasteiger partial charge in [-0.15, -0.1) is 0 Å². The predicted octanol–water partition coefficient (Wildman–Crippen LogP) is 3.26. The number of imidazole rings is 1. The number of aromatic nitrogens is 2. The summed E-state index contributed by atoms with van der Waals surface area (Å²) in [6, 6.07) is 16.7. The molecule has 0 fully saturated rings. The van der Waals surface area contributed by atoms with Crippen LogP contribution < -0.4 is 9.30 Å². The number of carbonyl (C=O) groups excluding carboxylic acids is 2. The third-order valence-corrected chi connectivity index (χ3v) is 5.52. The topological polar surface area (TPSA) is 55.4 Å². The molecule has 2 heterocycles. The summed E-state index contributed by atoms with van der Waals surface area (Å²) in [5.74, 6) is 0.185. The van der Waals surface area contributed by atoms with E-state index >= 15 is 0 Å². The highest BCUT2D eigenvalue weighted by Gasteiger charge is 2.33. The highest BCUT2D eigenvalue weighted by molar-refractivity contribution is 6.26. The van der Waals surface area contributed by atoms with Crippen molar-refractivity contribution in [2.75, 3.05) is 7.11 Å². The Morgan fingerprint density at radius 1 is 0.933 bits per heavy atom. The first kappa shape index (κ1) is 18.1. The van der Waals surface area contributed by atoms with Crippen LogP contribution in [0.15, 0.2) is 73.3 Å². The van der Waals surface area contributed by atoms with Gasteiger partial charge in [0.15, 0.2) is 0 Å². The number of imide groups is 1. The molecule has 2 amide bonds. The lowest BCUT2D eigenvalue weighted by Gasteiger charge is -2.27. The van der Waals surface area contributed by atoms with Gasteiger partial charge in [0.05, 0.1) is 20.7 Å². The molecule has 30 heavy (non-hydrogen) atoms. The Bertz CT molecular complexity index is 1280. The van der Waals surface area contributed by atoms with Crippen molar-refractivity contribution in [2.24, 2.45) is 7.05 Å². The van der Waals surface area contributed by atoms with E-state index in [0.29, 0.717) is 16.5 Å². The van der Waals surface area contributed by atoms with Gasteiger partial charge in [-0.25, -0.2) is 9.13 Å². The average molecular weight is 398 g/mol. The molecule has 1 aliphatic rings. The fraction of sp³-hybridized carbons (Fsp3) is 0.125. The fourth-order valence-electron chi connectivity index (χ4n) is 4.01. The third-order valence-electron chi connectivity index (χ3n) is 5.52. The molecule has 6 heteroatoms. The summed E-state index contributed by atoms with van der Waals surface area (Å²) in [5, 5.41) is 1.60. The first-order valence-electron chi connectivity index (χ1n) is 9.65. The molecule has 0 bridgehead atoms. The molecule has 4 aromatic rings. The SMILES string of the molecule is COc1ccc(CN2C(=O)c3cccc4c(-n5cc[n+](C)c5)ccc(c34)C2=O)cc1. The van der Waals surface area contributed by atoms with Crippen LogP contribution in [0.3, 0.4) is 0 Å². The number of carbonyl (C=O) groups is 2. The van der Waals surface area contributed by atoms with Crippen LogP contribution in [0.2, 0.25) is 0 Å². The van der Waals surface area contributed by atoms with E-state index in [-0.39, 0.29) is 18.4 Å². The van der Waals surface area contributed by atoms with E-state index in [2.05, 4.69) is 0 Å².